The fraction of sp³-hybridized carbons (Fsp3) is 0.379. The second-order valence-electron chi connectivity index (χ2n) is 9.86. The van der Waals surface area contributed by atoms with Crippen LogP contribution in [0.2, 0.25) is 0 Å². The van der Waals surface area contributed by atoms with E-state index >= 15 is 0 Å². The fourth-order valence-corrected chi connectivity index (χ4v) is 4.22. The second-order valence-corrected chi connectivity index (χ2v) is 9.86. The minimum absolute atomic E-state index is 0.671. The van der Waals surface area contributed by atoms with E-state index in [4.69, 9.17) is 9.97 Å². The largest absolute Gasteiger partial charge is 0.370 e. The first-order valence-electron chi connectivity index (χ1n) is 12.6. The highest BCUT2D eigenvalue weighted by molar-refractivity contribution is 5.78. The van der Waals surface area contributed by atoms with Gasteiger partial charge in [-0.05, 0) is 57.0 Å². The number of fused-ring (bicyclic) bond motifs is 1. The molecule has 1 aromatic carbocycles. The minimum atomic E-state index is -0.671. The summed E-state index contributed by atoms with van der Waals surface area (Å²) in [7, 11) is 0. The van der Waals surface area contributed by atoms with Crippen LogP contribution in [-0.2, 0) is 18.5 Å². The Bertz CT molecular complexity index is 1300. The summed E-state index contributed by atoms with van der Waals surface area (Å²) in [6.45, 7) is 14.7. The highest BCUT2D eigenvalue weighted by atomic mass is 15.1. The van der Waals surface area contributed by atoms with Gasteiger partial charge in [-0.15, -0.1) is 0 Å². The molecular formula is C29H35N7. The van der Waals surface area contributed by atoms with Crippen molar-refractivity contribution in [2.75, 3.05) is 17.2 Å². The smallest absolute Gasteiger partial charge is 0.162 e. The summed E-state index contributed by atoms with van der Waals surface area (Å²) in [5.41, 5.74) is 6.90. The summed E-state index contributed by atoms with van der Waals surface area (Å²) in [6, 6.07) is 12.3. The number of rotatable bonds is 10. The molecule has 2 aromatic heterocycles. The van der Waals surface area contributed by atoms with Crippen LogP contribution in [0.1, 0.15) is 68.1 Å². The Morgan fingerprint density at radius 3 is 2.78 bits per heavy atom. The van der Waals surface area contributed by atoms with Crippen LogP contribution in [0.5, 0.6) is 0 Å². The SMILES string of the molecule is C=C(Nc1ccc(C)c(-c2nc3c(c(NCCCCC)n2)CNC3)c1)c1ccnc(C(C)(C)C#N)c1. The van der Waals surface area contributed by atoms with Crippen molar-refractivity contribution in [2.24, 2.45) is 0 Å². The average Bonchev–Trinajstić information content (AvgIpc) is 3.36. The first kappa shape index (κ1) is 25.3. The molecule has 1 aliphatic heterocycles. The summed E-state index contributed by atoms with van der Waals surface area (Å²) in [6.07, 6.45) is 5.24. The van der Waals surface area contributed by atoms with Gasteiger partial charge in [-0.2, -0.15) is 5.26 Å². The molecule has 0 fully saturated rings. The fourth-order valence-electron chi connectivity index (χ4n) is 4.22. The molecule has 0 atom stereocenters. The van der Waals surface area contributed by atoms with E-state index in [1.165, 1.54) is 18.4 Å². The topological polar surface area (TPSA) is 98.6 Å². The number of nitrogens with zero attached hydrogens (tertiary/aromatic N) is 4. The predicted octanol–water partition coefficient (Wildman–Crippen LogP) is 5.94. The minimum Gasteiger partial charge on any atom is -0.370 e. The van der Waals surface area contributed by atoms with E-state index in [-0.39, 0.29) is 0 Å². The van der Waals surface area contributed by atoms with E-state index in [0.29, 0.717) is 5.69 Å². The molecular weight excluding hydrogens is 446 g/mol. The standard InChI is InChI=1S/C29H35N7/c1-6-7-8-12-33-27-24-16-31-17-25(24)35-28(36-27)23-15-22(10-9-19(23)2)34-20(3)21-11-13-32-26(14-21)29(4,5)18-30/h9-11,13-15,31,34H,3,6-8,12,16-17H2,1-2,4-5H3,(H,33,35,36). The van der Waals surface area contributed by atoms with E-state index in [2.05, 4.69) is 59.6 Å². The lowest BCUT2D eigenvalue weighted by Gasteiger charge is -2.17. The second kappa shape index (κ2) is 10.9. The third kappa shape index (κ3) is 5.55. The molecule has 7 nitrogen and oxygen atoms in total. The van der Waals surface area contributed by atoms with E-state index < -0.39 is 5.41 Å². The first-order valence-corrected chi connectivity index (χ1v) is 12.6. The zero-order valence-corrected chi connectivity index (χ0v) is 21.7. The molecule has 0 amide bonds. The number of benzene rings is 1. The molecule has 186 valence electrons. The summed E-state index contributed by atoms with van der Waals surface area (Å²) in [5.74, 6) is 1.66. The molecule has 0 saturated carbocycles. The monoisotopic (exact) mass is 481 g/mol. The number of aromatic nitrogens is 3. The van der Waals surface area contributed by atoms with Crippen molar-refractivity contribution >= 4 is 17.2 Å². The van der Waals surface area contributed by atoms with Crippen LogP contribution < -0.4 is 16.0 Å². The van der Waals surface area contributed by atoms with Gasteiger partial charge in [0.15, 0.2) is 5.82 Å². The number of nitrogens with one attached hydrogen (secondary N) is 3. The maximum absolute atomic E-state index is 9.48. The van der Waals surface area contributed by atoms with Crippen LogP contribution >= 0.6 is 0 Å². The predicted molar refractivity (Wildman–Crippen MR) is 146 cm³/mol. The van der Waals surface area contributed by atoms with Crippen LogP contribution in [0.3, 0.4) is 0 Å². The Morgan fingerprint density at radius 2 is 2.00 bits per heavy atom. The van der Waals surface area contributed by atoms with Gasteiger partial charge in [-0.25, -0.2) is 9.97 Å². The summed E-state index contributed by atoms with van der Waals surface area (Å²) < 4.78 is 0. The van der Waals surface area contributed by atoms with Gasteiger partial charge in [0, 0.05) is 53.9 Å². The molecule has 0 aliphatic carbocycles. The molecule has 3 heterocycles. The lowest BCUT2D eigenvalue weighted by atomic mass is 9.90. The third-order valence-corrected chi connectivity index (χ3v) is 6.56. The van der Waals surface area contributed by atoms with Gasteiger partial charge in [0.1, 0.15) is 5.82 Å². The highest BCUT2D eigenvalue weighted by Gasteiger charge is 2.22. The number of aryl methyl sites for hydroxylation is 1. The van der Waals surface area contributed by atoms with Crippen LogP contribution in [0, 0.1) is 18.3 Å². The molecule has 0 spiro atoms. The zero-order valence-electron chi connectivity index (χ0n) is 21.7. The van der Waals surface area contributed by atoms with Gasteiger partial charge in [-0.3, -0.25) is 4.98 Å². The van der Waals surface area contributed by atoms with Gasteiger partial charge >= 0.3 is 0 Å². The van der Waals surface area contributed by atoms with Gasteiger partial charge in [-0.1, -0.05) is 32.4 Å². The molecule has 0 unspecified atom stereocenters. The molecule has 0 saturated heterocycles. The number of unbranched alkanes of at least 4 members (excludes halogenated alkanes) is 2. The number of anilines is 2. The van der Waals surface area contributed by atoms with E-state index in [0.717, 1.165) is 71.5 Å². The quantitative estimate of drug-likeness (QED) is 0.308. The molecule has 3 aromatic rings. The van der Waals surface area contributed by atoms with Crippen molar-refractivity contribution < 1.29 is 0 Å². The van der Waals surface area contributed by atoms with Crippen molar-refractivity contribution in [3.05, 3.63) is 71.2 Å². The lowest BCUT2D eigenvalue weighted by molar-refractivity contribution is 0.659. The normalized spacial score (nSPS) is 12.6. The Hall–Kier alpha value is -3.76. The Balaban J connectivity index is 1.60. The first-order chi connectivity index (χ1) is 17.3. The Labute approximate surface area is 214 Å². The molecule has 7 heteroatoms. The summed E-state index contributed by atoms with van der Waals surface area (Å²) >= 11 is 0. The van der Waals surface area contributed by atoms with Crippen molar-refractivity contribution in [3.8, 4) is 17.5 Å². The van der Waals surface area contributed by atoms with E-state index in [9.17, 15) is 5.26 Å². The molecule has 4 rings (SSSR count). The maximum atomic E-state index is 9.48. The van der Waals surface area contributed by atoms with Crippen molar-refractivity contribution in [2.45, 2.75) is 65.5 Å². The Morgan fingerprint density at radius 1 is 1.17 bits per heavy atom. The van der Waals surface area contributed by atoms with Crippen molar-refractivity contribution in [1.29, 1.82) is 5.26 Å². The van der Waals surface area contributed by atoms with Crippen LogP contribution in [0.15, 0.2) is 43.1 Å². The van der Waals surface area contributed by atoms with Gasteiger partial charge in [0.2, 0.25) is 0 Å². The zero-order chi connectivity index (χ0) is 25.7. The van der Waals surface area contributed by atoms with E-state index in [1.54, 1.807) is 6.20 Å². The molecule has 0 radical (unpaired) electrons. The number of hydrogen-bond acceptors (Lipinski definition) is 7. The van der Waals surface area contributed by atoms with Crippen molar-refractivity contribution in [1.82, 2.24) is 20.3 Å². The number of hydrogen-bond donors (Lipinski definition) is 3. The number of pyridine rings is 1. The number of nitriles is 1. The van der Waals surface area contributed by atoms with Gasteiger partial charge < -0.3 is 16.0 Å². The lowest BCUT2D eigenvalue weighted by Crippen LogP contribution is -2.16. The average molecular weight is 482 g/mol. The molecule has 1 aliphatic rings. The highest BCUT2D eigenvalue weighted by Crippen LogP contribution is 2.30. The molecule has 3 N–H and O–H groups in total. The molecule has 0 bridgehead atoms. The van der Waals surface area contributed by atoms with Gasteiger partial charge in [0.05, 0.1) is 22.9 Å². The Kier molecular flexibility index (Phi) is 7.66. The van der Waals surface area contributed by atoms with Crippen LogP contribution in [0.25, 0.3) is 17.1 Å². The molecule has 36 heavy (non-hydrogen) atoms. The summed E-state index contributed by atoms with van der Waals surface area (Å²) in [4.78, 5) is 14.2. The maximum Gasteiger partial charge on any atom is 0.162 e. The van der Waals surface area contributed by atoms with Gasteiger partial charge in [0.25, 0.3) is 0 Å². The summed E-state index contributed by atoms with van der Waals surface area (Å²) in [5, 5.41) is 19.9. The third-order valence-electron chi connectivity index (χ3n) is 6.56. The van der Waals surface area contributed by atoms with Crippen LogP contribution in [0.4, 0.5) is 11.5 Å². The van der Waals surface area contributed by atoms with E-state index in [1.807, 2.05) is 32.0 Å². The van der Waals surface area contributed by atoms with Crippen molar-refractivity contribution in [3.63, 3.8) is 0 Å². The van der Waals surface area contributed by atoms with Crippen LogP contribution in [-0.4, -0.2) is 21.5 Å².